The zero-order valence-electron chi connectivity index (χ0n) is 11.5. The molecule has 2 aromatic heterocycles. The summed E-state index contributed by atoms with van der Waals surface area (Å²) < 4.78 is 7.27. The fraction of sp³-hybridized carbons (Fsp3) is 0.200. The van der Waals surface area contributed by atoms with Gasteiger partial charge in [0, 0.05) is 18.0 Å². The lowest BCUT2D eigenvalue weighted by molar-refractivity contribution is 0.0689. The Labute approximate surface area is 115 Å². The van der Waals surface area contributed by atoms with Crippen LogP contribution in [0.25, 0.3) is 22.2 Å². The first-order chi connectivity index (χ1) is 9.47. The molecule has 102 valence electrons. The van der Waals surface area contributed by atoms with Crippen LogP contribution in [0, 0.1) is 13.8 Å². The Balaban J connectivity index is 2.17. The molecule has 0 saturated carbocycles. The zero-order valence-corrected chi connectivity index (χ0v) is 11.5. The van der Waals surface area contributed by atoms with Crippen molar-refractivity contribution in [2.45, 2.75) is 13.8 Å². The van der Waals surface area contributed by atoms with E-state index in [0.717, 1.165) is 33.6 Å². The van der Waals surface area contributed by atoms with Gasteiger partial charge < -0.3 is 9.52 Å². The average Bonchev–Trinajstić information content (AvgIpc) is 2.91. The number of benzene rings is 1. The Hall–Kier alpha value is -2.56. The Kier molecular flexibility index (Phi) is 2.64. The van der Waals surface area contributed by atoms with Crippen molar-refractivity contribution in [3.8, 4) is 11.3 Å². The van der Waals surface area contributed by atoms with Gasteiger partial charge in [-0.05, 0) is 31.5 Å². The van der Waals surface area contributed by atoms with Crippen molar-refractivity contribution in [1.29, 1.82) is 0 Å². The Morgan fingerprint density at radius 1 is 1.30 bits per heavy atom. The minimum absolute atomic E-state index is 0.0365. The summed E-state index contributed by atoms with van der Waals surface area (Å²) in [6.07, 6.45) is 0. The van der Waals surface area contributed by atoms with E-state index in [-0.39, 0.29) is 5.69 Å². The van der Waals surface area contributed by atoms with Crippen molar-refractivity contribution in [3.63, 3.8) is 0 Å². The van der Waals surface area contributed by atoms with Crippen molar-refractivity contribution < 1.29 is 14.3 Å². The molecule has 5 nitrogen and oxygen atoms in total. The molecule has 0 amide bonds. The second kappa shape index (κ2) is 4.23. The average molecular weight is 270 g/mol. The van der Waals surface area contributed by atoms with E-state index in [4.69, 9.17) is 9.52 Å². The van der Waals surface area contributed by atoms with Gasteiger partial charge in [0.1, 0.15) is 11.3 Å². The molecule has 0 aliphatic heterocycles. The standard InChI is InChI=1S/C15H14N2O3/c1-8-9(2)20-14-6-10(4-5-11(8)14)13-7-12(15(18)19)16-17(13)3/h4-7H,1-3H3,(H,18,19). The van der Waals surface area contributed by atoms with Crippen LogP contribution in [-0.4, -0.2) is 20.9 Å². The van der Waals surface area contributed by atoms with Crippen LogP contribution in [0.15, 0.2) is 28.7 Å². The van der Waals surface area contributed by atoms with E-state index >= 15 is 0 Å². The number of carboxylic acids is 1. The van der Waals surface area contributed by atoms with Crippen LogP contribution in [0.4, 0.5) is 0 Å². The molecule has 0 fully saturated rings. The molecule has 0 bridgehead atoms. The SMILES string of the molecule is Cc1oc2cc(-c3cc(C(=O)O)nn3C)ccc2c1C. The van der Waals surface area contributed by atoms with Crippen molar-refractivity contribution in [2.75, 3.05) is 0 Å². The minimum atomic E-state index is -1.03. The fourth-order valence-corrected chi connectivity index (χ4v) is 2.35. The largest absolute Gasteiger partial charge is 0.476 e. The molecule has 0 unspecified atom stereocenters. The summed E-state index contributed by atoms with van der Waals surface area (Å²) in [5, 5.41) is 14.0. The molecule has 0 aliphatic carbocycles. The maximum Gasteiger partial charge on any atom is 0.356 e. The molecular weight excluding hydrogens is 256 g/mol. The number of hydrogen-bond donors (Lipinski definition) is 1. The van der Waals surface area contributed by atoms with Crippen LogP contribution in [-0.2, 0) is 7.05 Å². The Morgan fingerprint density at radius 2 is 2.05 bits per heavy atom. The normalized spacial score (nSPS) is 11.2. The molecule has 1 aromatic carbocycles. The number of carboxylic acid groups (broad SMARTS) is 1. The number of aromatic nitrogens is 2. The molecule has 0 aliphatic rings. The summed E-state index contributed by atoms with van der Waals surface area (Å²) in [6.45, 7) is 3.95. The van der Waals surface area contributed by atoms with Crippen LogP contribution in [0.5, 0.6) is 0 Å². The topological polar surface area (TPSA) is 68.3 Å². The third kappa shape index (κ3) is 1.79. The van der Waals surface area contributed by atoms with Gasteiger partial charge in [0.25, 0.3) is 0 Å². The van der Waals surface area contributed by atoms with Gasteiger partial charge in [0.2, 0.25) is 0 Å². The van der Waals surface area contributed by atoms with Crippen LogP contribution in [0.3, 0.4) is 0 Å². The molecule has 3 aromatic rings. The summed E-state index contributed by atoms with van der Waals surface area (Å²) in [6, 6.07) is 7.42. The van der Waals surface area contributed by atoms with E-state index in [2.05, 4.69) is 5.10 Å². The number of aryl methyl sites for hydroxylation is 3. The first-order valence-corrected chi connectivity index (χ1v) is 6.25. The molecule has 3 rings (SSSR count). The third-order valence-electron chi connectivity index (χ3n) is 3.57. The molecule has 2 heterocycles. The van der Waals surface area contributed by atoms with E-state index < -0.39 is 5.97 Å². The van der Waals surface area contributed by atoms with Crippen molar-refractivity contribution in [2.24, 2.45) is 7.05 Å². The van der Waals surface area contributed by atoms with Gasteiger partial charge in [0.15, 0.2) is 5.69 Å². The monoisotopic (exact) mass is 270 g/mol. The van der Waals surface area contributed by atoms with Gasteiger partial charge in [0.05, 0.1) is 5.69 Å². The molecule has 5 heteroatoms. The first kappa shape index (κ1) is 12.5. The maximum atomic E-state index is 11.0. The highest BCUT2D eigenvalue weighted by molar-refractivity contribution is 5.89. The quantitative estimate of drug-likeness (QED) is 0.776. The van der Waals surface area contributed by atoms with E-state index in [1.54, 1.807) is 17.8 Å². The van der Waals surface area contributed by atoms with Crippen LogP contribution in [0.2, 0.25) is 0 Å². The van der Waals surface area contributed by atoms with Gasteiger partial charge >= 0.3 is 5.97 Å². The minimum Gasteiger partial charge on any atom is -0.476 e. The maximum absolute atomic E-state index is 11.0. The highest BCUT2D eigenvalue weighted by Crippen LogP contribution is 2.29. The van der Waals surface area contributed by atoms with Gasteiger partial charge in [-0.25, -0.2) is 4.79 Å². The van der Waals surface area contributed by atoms with Crippen molar-refractivity contribution in [1.82, 2.24) is 9.78 Å². The molecular formula is C15H14N2O3. The Morgan fingerprint density at radius 3 is 2.70 bits per heavy atom. The number of aromatic carboxylic acids is 1. The lowest BCUT2D eigenvalue weighted by atomic mass is 10.1. The van der Waals surface area contributed by atoms with Crippen LogP contribution < -0.4 is 0 Å². The number of carbonyl (C=O) groups is 1. The summed E-state index contributed by atoms with van der Waals surface area (Å²) >= 11 is 0. The highest BCUT2D eigenvalue weighted by Gasteiger charge is 2.14. The second-order valence-electron chi connectivity index (χ2n) is 4.84. The fourth-order valence-electron chi connectivity index (χ4n) is 2.35. The molecule has 0 spiro atoms. The number of fused-ring (bicyclic) bond motifs is 1. The lowest BCUT2D eigenvalue weighted by Gasteiger charge is -2.01. The molecule has 0 radical (unpaired) electrons. The molecule has 1 N–H and O–H groups in total. The van der Waals surface area contributed by atoms with E-state index in [0.29, 0.717) is 0 Å². The lowest BCUT2D eigenvalue weighted by Crippen LogP contribution is -1.99. The molecule has 20 heavy (non-hydrogen) atoms. The number of furan rings is 1. The Bertz CT molecular complexity index is 827. The first-order valence-electron chi connectivity index (χ1n) is 6.25. The summed E-state index contributed by atoms with van der Waals surface area (Å²) in [5.74, 6) is -0.133. The van der Waals surface area contributed by atoms with Crippen LogP contribution in [0.1, 0.15) is 21.8 Å². The summed E-state index contributed by atoms with van der Waals surface area (Å²) in [7, 11) is 1.73. The number of nitrogens with zero attached hydrogens (tertiary/aromatic N) is 2. The predicted octanol–water partition coefficient (Wildman–Crippen LogP) is 3.15. The number of hydrogen-bond acceptors (Lipinski definition) is 3. The zero-order chi connectivity index (χ0) is 14.4. The van der Waals surface area contributed by atoms with Crippen LogP contribution >= 0.6 is 0 Å². The predicted molar refractivity (Wildman–Crippen MR) is 74.8 cm³/mol. The van der Waals surface area contributed by atoms with E-state index in [1.807, 2.05) is 32.0 Å². The third-order valence-corrected chi connectivity index (χ3v) is 3.57. The van der Waals surface area contributed by atoms with Crippen molar-refractivity contribution in [3.05, 3.63) is 41.3 Å². The van der Waals surface area contributed by atoms with Gasteiger partial charge in [-0.3, -0.25) is 4.68 Å². The smallest absolute Gasteiger partial charge is 0.356 e. The number of rotatable bonds is 2. The van der Waals surface area contributed by atoms with Gasteiger partial charge in [-0.15, -0.1) is 0 Å². The van der Waals surface area contributed by atoms with E-state index in [1.165, 1.54) is 0 Å². The van der Waals surface area contributed by atoms with Crippen molar-refractivity contribution >= 4 is 16.9 Å². The van der Waals surface area contributed by atoms with Gasteiger partial charge in [-0.2, -0.15) is 5.10 Å². The highest BCUT2D eigenvalue weighted by atomic mass is 16.4. The summed E-state index contributed by atoms with van der Waals surface area (Å²) in [4.78, 5) is 11.0. The summed E-state index contributed by atoms with van der Waals surface area (Å²) in [5.41, 5.74) is 3.59. The van der Waals surface area contributed by atoms with E-state index in [9.17, 15) is 4.79 Å². The second-order valence-corrected chi connectivity index (χ2v) is 4.84. The molecule has 0 atom stereocenters. The molecule has 0 saturated heterocycles. The van der Waals surface area contributed by atoms with Gasteiger partial charge in [-0.1, -0.05) is 12.1 Å².